The molecule has 3 rings (SSSR count). The number of anilines is 1. The fraction of sp³-hybridized carbons (Fsp3) is 0.278. The van der Waals surface area contributed by atoms with Crippen molar-refractivity contribution in [2.75, 3.05) is 18.5 Å². The molecular weight excluding hydrogens is 354 g/mol. The Kier molecular flexibility index (Phi) is 5.98. The second-order valence-corrected chi connectivity index (χ2v) is 6.22. The van der Waals surface area contributed by atoms with E-state index in [1.165, 1.54) is 6.26 Å². The van der Waals surface area contributed by atoms with Gasteiger partial charge in [-0.25, -0.2) is 0 Å². The summed E-state index contributed by atoms with van der Waals surface area (Å²) in [4.78, 5) is 24.0. The van der Waals surface area contributed by atoms with Crippen molar-refractivity contribution < 1.29 is 18.7 Å². The number of benzene rings is 1. The number of carbonyl (C=O) groups is 2. The van der Waals surface area contributed by atoms with Crippen LogP contribution in [0.2, 0.25) is 0 Å². The van der Waals surface area contributed by atoms with Gasteiger partial charge in [0.25, 0.3) is 11.8 Å². The highest BCUT2D eigenvalue weighted by Crippen LogP contribution is 2.12. The van der Waals surface area contributed by atoms with E-state index in [1.54, 1.807) is 36.4 Å². The van der Waals surface area contributed by atoms with Gasteiger partial charge in [0.15, 0.2) is 10.9 Å². The Labute approximate surface area is 156 Å². The Hall–Kier alpha value is -2.71. The molecule has 1 atom stereocenters. The largest absolute Gasteiger partial charge is 0.459 e. The highest BCUT2D eigenvalue weighted by molar-refractivity contribution is 7.80. The number of amides is 2. The molecule has 26 heavy (non-hydrogen) atoms. The zero-order valence-electron chi connectivity index (χ0n) is 14.0. The number of carbonyl (C=O) groups excluding carboxylic acids is 2. The quantitative estimate of drug-likeness (QED) is 0.697. The first kappa shape index (κ1) is 18.1. The van der Waals surface area contributed by atoms with Crippen LogP contribution in [0.5, 0.6) is 0 Å². The molecule has 2 amide bonds. The summed E-state index contributed by atoms with van der Waals surface area (Å²) in [7, 11) is 0. The van der Waals surface area contributed by atoms with Crippen molar-refractivity contribution >= 4 is 34.8 Å². The Morgan fingerprint density at radius 3 is 2.62 bits per heavy atom. The third-order valence-corrected chi connectivity index (χ3v) is 4.10. The van der Waals surface area contributed by atoms with Gasteiger partial charge in [-0.05, 0) is 61.5 Å². The minimum absolute atomic E-state index is 0.107. The van der Waals surface area contributed by atoms with Gasteiger partial charge in [0.05, 0.1) is 12.4 Å². The van der Waals surface area contributed by atoms with Gasteiger partial charge in [-0.15, -0.1) is 0 Å². The Morgan fingerprint density at radius 1 is 1.15 bits per heavy atom. The van der Waals surface area contributed by atoms with Crippen LogP contribution in [0.4, 0.5) is 5.69 Å². The van der Waals surface area contributed by atoms with E-state index in [0.29, 0.717) is 17.8 Å². The molecule has 1 aromatic carbocycles. The van der Waals surface area contributed by atoms with Crippen molar-refractivity contribution in [2.24, 2.45) is 0 Å². The maximum absolute atomic E-state index is 12.1. The molecular formula is C18H19N3O4S. The second kappa shape index (κ2) is 8.59. The average molecular weight is 373 g/mol. The molecule has 0 saturated carbocycles. The lowest BCUT2D eigenvalue weighted by atomic mass is 10.2. The number of hydrogen-bond acceptors (Lipinski definition) is 5. The van der Waals surface area contributed by atoms with Crippen LogP contribution in [-0.2, 0) is 4.74 Å². The van der Waals surface area contributed by atoms with Crippen molar-refractivity contribution in [2.45, 2.75) is 18.9 Å². The van der Waals surface area contributed by atoms with Crippen LogP contribution in [0.3, 0.4) is 0 Å². The van der Waals surface area contributed by atoms with E-state index in [2.05, 4.69) is 16.0 Å². The van der Waals surface area contributed by atoms with Crippen LogP contribution >= 0.6 is 12.2 Å². The normalized spacial score (nSPS) is 16.1. The van der Waals surface area contributed by atoms with Gasteiger partial charge in [-0.1, -0.05) is 0 Å². The summed E-state index contributed by atoms with van der Waals surface area (Å²) < 4.78 is 10.5. The Balaban J connectivity index is 1.48. The minimum atomic E-state index is -0.433. The number of rotatable bonds is 5. The molecule has 2 aromatic rings. The third-order valence-electron chi connectivity index (χ3n) is 3.89. The molecule has 2 heterocycles. The molecule has 1 aliphatic rings. The van der Waals surface area contributed by atoms with Crippen molar-refractivity contribution in [1.29, 1.82) is 0 Å². The van der Waals surface area contributed by atoms with Crippen molar-refractivity contribution in [3.63, 3.8) is 0 Å². The summed E-state index contributed by atoms with van der Waals surface area (Å²) in [6.07, 6.45) is 3.53. The lowest BCUT2D eigenvalue weighted by Crippen LogP contribution is -2.34. The fourth-order valence-corrected chi connectivity index (χ4v) is 2.76. The van der Waals surface area contributed by atoms with Crippen LogP contribution in [-0.4, -0.2) is 36.2 Å². The van der Waals surface area contributed by atoms with Crippen LogP contribution < -0.4 is 16.0 Å². The second-order valence-electron chi connectivity index (χ2n) is 5.81. The monoisotopic (exact) mass is 373 g/mol. The minimum Gasteiger partial charge on any atom is -0.459 e. The third kappa shape index (κ3) is 4.90. The molecule has 1 aromatic heterocycles. The van der Waals surface area contributed by atoms with Crippen molar-refractivity contribution in [3.8, 4) is 0 Å². The molecule has 1 saturated heterocycles. The van der Waals surface area contributed by atoms with E-state index in [1.807, 2.05) is 0 Å². The molecule has 0 unspecified atom stereocenters. The number of ether oxygens (including phenoxy) is 1. The number of furan rings is 1. The standard InChI is InChI=1S/C18H19N3O4S/c22-16(19-11-14-3-1-9-24-14)12-5-7-13(8-6-12)20-18(26)21-17(23)15-4-2-10-25-15/h2,4-8,10,14H,1,3,9,11H2,(H,19,22)(H2,20,21,23,26)/t14-/m0/s1. The summed E-state index contributed by atoms with van der Waals surface area (Å²) in [6, 6.07) is 9.96. The van der Waals surface area contributed by atoms with Crippen LogP contribution in [0, 0.1) is 0 Å². The number of hydrogen-bond donors (Lipinski definition) is 3. The Morgan fingerprint density at radius 2 is 1.96 bits per heavy atom. The van der Waals surface area contributed by atoms with Gasteiger partial charge in [0, 0.05) is 24.4 Å². The first-order valence-electron chi connectivity index (χ1n) is 8.27. The zero-order chi connectivity index (χ0) is 18.4. The van der Waals surface area contributed by atoms with E-state index >= 15 is 0 Å². The highest BCUT2D eigenvalue weighted by Gasteiger charge is 2.16. The molecule has 0 radical (unpaired) electrons. The molecule has 136 valence electrons. The lowest BCUT2D eigenvalue weighted by Gasteiger charge is -2.12. The van der Waals surface area contributed by atoms with Gasteiger partial charge in [-0.3, -0.25) is 14.9 Å². The van der Waals surface area contributed by atoms with Crippen molar-refractivity contribution in [1.82, 2.24) is 10.6 Å². The molecule has 3 N–H and O–H groups in total. The molecule has 1 fully saturated rings. The summed E-state index contributed by atoms with van der Waals surface area (Å²) >= 11 is 5.10. The summed E-state index contributed by atoms with van der Waals surface area (Å²) in [5, 5.41) is 8.40. The zero-order valence-corrected chi connectivity index (χ0v) is 14.8. The fourth-order valence-electron chi connectivity index (χ4n) is 2.55. The van der Waals surface area contributed by atoms with E-state index in [-0.39, 0.29) is 22.9 Å². The molecule has 8 heteroatoms. The van der Waals surface area contributed by atoms with Gasteiger partial charge < -0.3 is 19.8 Å². The van der Waals surface area contributed by atoms with Gasteiger partial charge >= 0.3 is 0 Å². The first-order valence-corrected chi connectivity index (χ1v) is 8.68. The summed E-state index contributed by atoms with van der Waals surface area (Å²) in [6.45, 7) is 1.28. The maximum atomic E-state index is 12.1. The molecule has 0 bridgehead atoms. The van der Waals surface area contributed by atoms with Gasteiger partial charge in [0.1, 0.15) is 0 Å². The topological polar surface area (TPSA) is 92.6 Å². The molecule has 0 aliphatic carbocycles. The number of thiocarbonyl (C=S) groups is 1. The van der Waals surface area contributed by atoms with E-state index in [0.717, 1.165) is 19.4 Å². The van der Waals surface area contributed by atoms with Crippen LogP contribution in [0.25, 0.3) is 0 Å². The predicted octanol–water partition coefficient (Wildman–Crippen LogP) is 2.32. The Bertz CT molecular complexity index is 768. The maximum Gasteiger partial charge on any atom is 0.293 e. The smallest absolute Gasteiger partial charge is 0.293 e. The van der Waals surface area contributed by atoms with E-state index < -0.39 is 5.91 Å². The SMILES string of the molecule is O=C(NC[C@@H]1CCCO1)c1ccc(NC(=S)NC(=O)c2ccco2)cc1. The molecule has 1 aliphatic heterocycles. The van der Waals surface area contributed by atoms with Gasteiger partial charge in [-0.2, -0.15) is 0 Å². The average Bonchev–Trinajstić information content (AvgIpc) is 3.34. The molecule has 7 nitrogen and oxygen atoms in total. The summed E-state index contributed by atoms with van der Waals surface area (Å²) in [5.74, 6) is -0.411. The molecule has 0 spiro atoms. The van der Waals surface area contributed by atoms with Gasteiger partial charge in [0.2, 0.25) is 0 Å². The van der Waals surface area contributed by atoms with Crippen molar-refractivity contribution in [3.05, 3.63) is 54.0 Å². The summed E-state index contributed by atoms with van der Waals surface area (Å²) in [5.41, 5.74) is 1.20. The van der Waals surface area contributed by atoms with Crippen LogP contribution in [0.15, 0.2) is 47.1 Å². The van der Waals surface area contributed by atoms with E-state index in [4.69, 9.17) is 21.4 Å². The first-order chi connectivity index (χ1) is 12.6. The lowest BCUT2D eigenvalue weighted by molar-refractivity contribution is 0.0857. The highest BCUT2D eigenvalue weighted by atomic mass is 32.1. The van der Waals surface area contributed by atoms with E-state index in [9.17, 15) is 9.59 Å². The van der Waals surface area contributed by atoms with Crippen LogP contribution in [0.1, 0.15) is 33.8 Å². The predicted molar refractivity (Wildman–Crippen MR) is 100 cm³/mol. The number of nitrogens with one attached hydrogen (secondary N) is 3.